The molecule has 0 aromatic carbocycles. The molecule has 0 fully saturated rings. The summed E-state index contributed by atoms with van der Waals surface area (Å²) < 4.78 is 0. The second kappa shape index (κ2) is 6.60. The fourth-order valence-electron chi connectivity index (χ4n) is 1.06. The van der Waals surface area contributed by atoms with Gasteiger partial charge in [0.25, 0.3) is 5.91 Å². The molecule has 17 heavy (non-hydrogen) atoms. The van der Waals surface area contributed by atoms with Crippen molar-refractivity contribution in [1.29, 1.82) is 0 Å². The van der Waals surface area contributed by atoms with E-state index in [-0.39, 0.29) is 11.2 Å². The summed E-state index contributed by atoms with van der Waals surface area (Å²) in [6.45, 7) is 7.58. The number of carbonyl (C=O) groups excluding carboxylic acids is 1. The van der Waals surface area contributed by atoms with Crippen LogP contribution in [0.25, 0.3) is 0 Å². The van der Waals surface area contributed by atoms with Gasteiger partial charge in [0, 0.05) is 18.9 Å². The van der Waals surface area contributed by atoms with Crippen molar-refractivity contribution in [3.8, 4) is 0 Å². The molecule has 0 spiro atoms. The molecule has 0 saturated carbocycles. The Kier molecular flexibility index (Phi) is 5.10. The molecule has 1 aromatic rings. The van der Waals surface area contributed by atoms with E-state index in [0.717, 1.165) is 5.57 Å². The molecule has 4 nitrogen and oxygen atoms in total. The maximum Gasteiger partial charge on any atom is 0.254 e. The third kappa shape index (κ3) is 4.20. The number of rotatable bonds is 5. The summed E-state index contributed by atoms with van der Waals surface area (Å²) in [5.41, 5.74) is 1.22. The number of nitrogens with zero attached hydrogens (tertiary/aromatic N) is 2. The van der Waals surface area contributed by atoms with E-state index >= 15 is 0 Å². The van der Waals surface area contributed by atoms with E-state index in [1.54, 1.807) is 18.2 Å². The van der Waals surface area contributed by atoms with E-state index in [1.165, 1.54) is 12.4 Å². The Bertz CT molecular complexity index is 451. The molecule has 0 aliphatic rings. The Labute approximate surface area is 105 Å². The summed E-state index contributed by atoms with van der Waals surface area (Å²) in [6.07, 6.45) is 7.80. The lowest BCUT2D eigenvalue weighted by molar-refractivity contribution is 0.0956. The Hall–Kier alpha value is -1.94. The minimum absolute atomic E-state index is 0.111. The van der Waals surface area contributed by atoms with Gasteiger partial charge in [0.15, 0.2) is 0 Å². The predicted octanol–water partition coefficient (Wildman–Crippen LogP) is 2.16. The molecule has 0 atom stereocenters. The van der Waals surface area contributed by atoms with Gasteiger partial charge in [-0.25, -0.2) is 9.97 Å². The van der Waals surface area contributed by atoms with E-state index in [2.05, 4.69) is 28.4 Å². The maximum absolute atomic E-state index is 11.7. The first-order valence-electron chi connectivity index (χ1n) is 4.87. The fourth-order valence-corrected chi connectivity index (χ4v) is 1.16. The number of halogens is 1. The average Bonchev–Trinajstić information content (AvgIpc) is 2.35. The highest BCUT2D eigenvalue weighted by Gasteiger charge is 2.06. The summed E-state index contributed by atoms with van der Waals surface area (Å²) in [5.74, 6) is -0.265. The number of nitrogens with one attached hydrogen (secondary N) is 1. The molecule has 0 aliphatic carbocycles. The number of hydrogen-bond donors (Lipinski definition) is 1. The van der Waals surface area contributed by atoms with Crippen molar-refractivity contribution in [2.75, 3.05) is 6.54 Å². The van der Waals surface area contributed by atoms with Crippen LogP contribution in [0.2, 0.25) is 5.28 Å². The minimum Gasteiger partial charge on any atom is -0.348 e. The minimum atomic E-state index is -0.265. The van der Waals surface area contributed by atoms with Gasteiger partial charge in [-0.3, -0.25) is 4.79 Å². The second-order valence-electron chi connectivity index (χ2n) is 3.10. The van der Waals surface area contributed by atoms with Crippen LogP contribution in [0.3, 0.4) is 0 Å². The summed E-state index contributed by atoms with van der Waals surface area (Å²) in [6, 6.07) is 0. The number of aromatic nitrogens is 2. The number of carbonyl (C=O) groups is 1. The van der Waals surface area contributed by atoms with Gasteiger partial charge < -0.3 is 5.32 Å². The number of allylic oxidation sites excluding steroid dienone is 2. The molecule has 5 heteroatoms. The molecule has 0 bridgehead atoms. The van der Waals surface area contributed by atoms with E-state index in [9.17, 15) is 4.79 Å². The highest BCUT2D eigenvalue weighted by atomic mass is 35.5. The summed E-state index contributed by atoms with van der Waals surface area (Å²) >= 11 is 5.52. The van der Waals surface area contributed by atoms with Gasteiger partial charge >= 0.3 is 0 Å². The van der Waals surface area contributed by atoms with Gasteiger partial charge in [0.05, 0.1) is 5.56 Å². The van der Waals surface area contributed by atoms with Crippen molar-refractivity contribution < 1.29 is 4.79 Å². The van der Waals surface area contributed by atoms with Crippen LogP contribution in [0.5, 0.6) is 0 Å². The molecule has 1 aromatic heterocycles. The molecule has 0 saturated heterocycles. The lowest BCUT2D eigenvalue weighted by Gasteiger charge is -2.04. The van der Waals surface area contributed by atoms with Gasteiger partial charge in [-0.2, -0.15) is 0 Å². The van der Waals surface area contributed by atoms with Crippen LogP contribution >= 0.6 is 11.6 Å². The highest BCUT2D eigenvalue weighted by Crippen LogP contribution is 2.01. The zero-order chi connectivity index (χ0) is 12.7. The van der Waals surface area contributed by atoms with Crippen molar-refractivity contribution in [3.63, 3.8) is 0 Å². The third-order valence-electron chi connectivity index (χ3n) is 1.93. The van der Waals surface area contributed by atoms with Crippen LogP contribution in [-0.4, -0.2) is 22.4 Å². The standard InChI is InChI=1S/C12H12ClN3O/c1-3-5-9(4-2)6-14-11(17)10-7-15-12(13)16-8-10/h3-5,7-8H,1-2,6H2,(H,14,17)/b9-5+. The Morgan fingerprint density at radius 2 is 2.06 bits per heavy atom. The third-order valence-corrected chi connectivity index (χ3v) is 2.12. The number of amides is 1. The van der Waals surface area contributed by atoms with Crippen LogP contribution in [0.1, 0.15) is 10.4 Å². The first-order chi connectivity index (χ1) is 8.17. The quantitative estimate of drug-likeness (QED) is 0.643. The van der Waals surface area contributed by atoms with Crippen molar-refractivity contribution in [2.45, 2.75) is 0 Å². The second-order valence-corrected chi connectivity index (χ2v) is 3.44. The molecular weight excluding hydrogens is 238 g/mol. The molecule has 0 radical (unpaired) electrons. The zero-order valence-corrected chi connectivity index (χ0v) is 9.94. The van der Waals surface area contributed by atoms with Crippen molar-refractivity contribution in [3.05, 3.63) is 60.2 Å². The van der Waals surface area contributed by atoms with Crippen LogP contribution < -0.4 is 5.32 Å². The SMILES string of the molecule is C=C/C=C(\C=C)CNC(=O)c1cnc(Cl)nc1. The Balaban J connectivity index is 2.61. The van der Waals surface area contributed by atoms with Crippen LogP contribution in [-0.2, 0) is 0 Å². The molecule has 88 valence electrons. The maximum atomic E-state index is 11.7. The fraction of sp³-hybridized carbons (Fsp3) is 0.0833. The van der Waals surface area contributed by atoms with Crippen LogP contribution in [0.15, 0.2) is 49.4 Å². The van der Waals surface area contributed by atoms with Gasteiger partial charge in [-0.05, 0) is 17.2 Å². The predicted molar refractivity (Wildman–Crippen MR) is 67.9 cm³/mol. The molecule has 1 rings (SSSR count). The van der Waals surface area contributed by atoms with Crippen LogP contribution in [0.4, 0.5) is 0 Å². The van der Waals surface area contributed by atoms with E-state index in [0.29, 0.717) is 12.1 Å². The highest BCUT2D eigenvalue weighted by molar-refractivity contribution is 6.28. The van der Waals surface area contributed by atoms with E-state index in [4.69, 9.17) is 11.6 Å². The summed E-state index contributed by atoms with van der Waals surface area (Å²) in [4.78, 5) is 19.1. The molecule has 1 heterocycles. The van der Waals surface area contributed by atoms with Crippen molar-refractivity contribution in [2.24, 2.45) is 0 Å². The van der Waals surface area contributed by atoms with Crippen molar-refractivity contribution in [1.82, 2.24) is 15.3 Å². The molecule has 0 aliphatic heterocycles. The zero-order valence-electron chi connectivity index (χ0n) is 9.19. The first kappa shape index (κ1) is 13.1. The Morgan fingerprint density at radius 1 is 1.41 bits per heavy atom. The van der Waals surface area contributed by atoms with Crippen molar-refractivity contribution >= 4 is 17.5 Å². The van der Waals surface area contributed by atoms with Gasteiger partial charge in [0.2, 0.25) is 5.28 Å². The van der Waals surface area contributed by atoms with E-state index < -0.39 is 0 Å². The largest absolute Gasteiger partial charge is 0.348 e. The lowest BCUT2D eigenvalue weighted by Crippen LogP contribution is -2.25. The van der Waals surface area contributed by atoms with Gasteiger partial charge in [-0.1, -0.05) is 31.4 Å². The molecule has 1 N–H and O–H groups in total. The first-order valence-corrected chi connectivity index (χ1v) is 5.25. The van der Waals surface area contributed by atoms with Gasteiger partial charge in [0.1, 0.15) is 0 Å². The normalized spacial score (nSPS) is 10.8. The summed E-state index contributed by atoms with van der Waals surface area (Å²) in [5, 5.41) is 2.82. The molecular formula is C12H12ClN3O. The monoisotopic (exact) mass is 249 g/mol. The topological polar surface area (TPSA) is 54.9 Å². The van der Waals surface area contributed by atoms with E-state index in [1.807, 2.05) is 0 Å². The van der Waals surface area contributed by atoms with Gasteiger partial charge in [-0.15, -0.1) is 0 Å². The summed E-state index contributed by atoms with van der Waals surface area (Å²) in [7, 11) is 0. The molecule has 1 amide bonds. The average molecular weight is 250 g/mol. The Morgan fingerprint density at radius 3 is 2.59 bits per heavy atom. The number of hydrogen-bond acceptors (Lipinski definition) is 3. The van der Waals surface area contributed by atoms with Crippen LogP contribution in [0, 0.1) is 0 Å². The molecule has 0 unspecified atom stereocenters. The smallest absolute Gasteiger partial charge is 0.254 e. The lowest BCUT2D eigenvalue weighted by atomic mass is 10.2.